The van der Waals surface area contributed by atoms with Crippen molar-refractivity contribution in [2.45, 2.75) is 37.4 Å². The SMILES string of the molecule is CCOC(=O)[C@@](C)(CCN1C(=O)c2ccc(Br)cc2C(F)C1OC)S(C)(=O)=O. The fourth-order valence-corrected chi connectivity index (χ4v) is 4.27. The van der Waals surface area contributed by atoms with Crippen LogP contribution in [0.15, 0.2) is 22.7 Å². The van der Waals surface area contributed by atoms with Gasteiger partial charge in [-0.15, -0.1) is 0 Å². The number of fused-ring (bicyclic) bond motifs is 1. The number of nitrogens with zero attached hydrogens (tertiary/aromatic N) is 1. The summed E-state index contributed by atoms with van der Waals surface area (Å²) in [4.78, 5) is 26.3. The lowest BCUT2D eigenvalue weighted by Crippen LogP contribution is -2.52. The highest BCUT2D eigenvalue weighted by atomic mass is 79.9. The number of carbonyl (C=O) groups is 2. The van der Waals surface area contributed by atoms with Gasteiger partial charge in [0.1, 0.15) is 0 Å². The van der Waals surface area contributed by atoms with Crippen molar-refractivity contribution in [3.05, 3.63) is 33.8 Å². The van der Waals surface area contributed by atoms with Crippen LogP contribution < -0.4 is 0 Å². The number of hydrogen-bond donors (Lipinski definition) is 0. The molecular formula is C18H23BrFNO6S. The first-order valence-electron chi connectivity index (χ1n) is 8.62. The Hall–Kier alpha value is -1.52. The van der Waals surface area contributed by atoms with Crippen LogP contribution in [-0.2, 0) is 24.1 Å². The molecule has 3 atom stereocenters. The zero-order valence-electron chi connectivity index (χ0n) is 16.1. The molecule has 0 aliphatic carbocycles. The minimum Gasteiger partial charge on any atom is -0.465 e. The zero-order valence-corrected chi connectivity index (χ0v) is 18.5. The number of methoxy groups -OCH3 is 1. The summed E-state index contributed by atoms with van der Waals surface area (Å²) in [5.41, 5.74) is 0.361. The van der Waals surface area contributed by atoms with Crippen LogP contribution in [0.25, 0.3) is 0 Å². The number of benzene rings is 1. The summed E-state index contributed by atoms with van der Waals surface area (Å²) >= 11 is 3.25. The minimum absolute atomic E-state index is 0.0160. The second kappa shape index (κ2) is 8.46. The number of alkyl halides is 1. The largest absolute Gasteiger partial charge is 0.465 e. The molecule has 1 aromatic rings. The average Bonchev–Trinajstić information content (AvgIpc) is 2.62. The van der Waals surface area contributed by atoms with Crippen molar-refractivity contribution in [2.75, 3.05) is 26.5 Å². The normalized spacial score (nSPS) is 21.8. The number of carbonyl (C=O) groups excluding carboxylic acids is 2. The quantitative estimate of drug-likeness (QED) is 0.558. The van der Waals surface area contributed by atoms with Gasteiger partial charge in [-0.3, -0.25) is 9.59 Å². The van der Waals surface area contributed by atoms with Crippen molar-refractivity contribution in [2.24, 2.45) is 0 Å². The van der Waals surface area contributed by atoms with E-state index in [1.54, 1.807) is 13.0 Å². The predicted molar refractivity (Wildman–Crippen MR) is 104 cm³/mol. The molecule has 28 heavy (non-hydrogen) atoms. The molecule has 2 rings (SSSR count). The van der Waals surface area contributed by atoms with Crippen molar-refractivity contribution < 1.29 is 31.9 Å². The molecule has 0 bridgehead atoms. The molecule has 1 amide bonds. The molecule has 1 aliphatic rings. The van der Waals surface area contributed by atoms with E-state index in [0.29, 0.717) is 4.47 Å². The summed E-state index contributed by atoms with van der Waals surface area (Å²) in [5.74, 6) is -1.40. The lowest BCUT2D eigenvalue weighted by atomic mass is 9.95. The summed E-state index contributed by atoms with van der Waals surface area (Å²) in [6, 6.07) is 4.63. The van der Waals surface area contributed by atoms with Gasteiger partial charge >= 0.3 is 5.97 Å². The summed E-state index contributed by atoms with van der Waals surface area (Å²) in [6.07, 6.45) is -2.18. The molecule has 1 aliphatic heterocycles. The predicted octanol–water partition coefficient (Wildman–Crippen LogP) is 2.64. The molecule has 1 heterocycles. The van der Waals surface area contributed by atoms with Crippen molar-refractivity contribution >= 4 is 37.6 Å². The van der Waals surface area contributed by atoms with E-state index in [9.17, 15) is 18.0 Å². The van der Waals surface area contributed by atoms with Gasteiger partial charge in [0.05, 0.1) is 6.61 Å². The Kier molecular flexibility index (Phi) is 6.88. The van der Waals surface area contributed by atoms with Crippen LogP contribution in [-0.4, -0.2) is 62.7 Å². The van der Waals surface area contributed by atoms with E-state index in [-0.39, 0.29) is 30.7 Å². The van der Waals surface area contributed by atoms with Crippen LogP contribution in [0.3, 0.4) is 0 Å². The topological polar surface area (TPSA) is 90.0 Å². The average molecular weight is 480 g/mol. The van der Waals surface area contributed by atoms with Gasteiger partial charge < -0.3 is 14.4 Å². The van der Waals surface area contributed by atoms with E-state index in [0.717, 1.165) is 11.2 Å². The Morgan fingerprint density at radius 2 is 2.04 bits per heavy atom. The number of esters is 1. The third-order valence-corrected chi connectivity index (χ3v) is 7.46. The van der Waals surface area contributed by atoms with E-state index in [2.05, 4.69) is 15.9 Å². The van der Waals surface area contributed by atoms with Gasteiger partial charge in [0.15, 0.2) is 27.0 Å². The maximum absolute atomic E-state index is 15.0. The molecule has 0 fully saturated rings. The molecule has 156 valence electrons. The zero-order chi connectivity index (χ0) is 21.3. The summed E-state index contributed by atoms with van der Waals surface area (Å²) in [6.45, 7) is 2.63. The van der Waals surface area contributed by atoms with Crippen molar-refractivity contribution in [1.29, 1.82) is 0 Å². The molecular weight excluding hydrogens is 457 g/mol. The maximum Gasteiger partial charge on any atom is 0.327 e. The number of amides is 1. The van der Waals surface area contributed by atoms with Gasteiger partial charge in [-0.2, -0.15) is 0 Å². The Morgan fingerprint density at radius 3 is 2.57 bits per heavy atom. The van der Waals surface area contributed by atoms with Crippen molar-refractivity contribution in [3.8, 4) is 0 Å². The number of ether oxygens (including phenoxy) is 2. The highest BCUT2D eigenvalue weighted by Gasteiger charge is 2.47. The van der Waals surface area contributed by atoms with Gasteiger partial charge in [0, 0.05) is 35.5 Å². The number of sulfone groups is 1. The molecule has 0 radical (unpaired) electrons. The molecule has 0 saturated heterocycles. The smallest absolute Gasteiger partial charge is 0.327 e. The first-order chi connectivity index (χ1) is 13.0. The van der Waals surface area contributed by atoms with Crippen molar-refractivity contribution in [3.63, 3.8) is 0 Å². The van der Waals surface area contributed by atoms with Gasteiger partial charge in [0.25, 0.3) is 5.91 Å². The highest BCUT2D eigenvalue weighted by molar-refractivity contribution is 9.10. The van der Waals surface area contributed by atoms with Crippen LogP contribution in [0.4, 0.5) is 4.39 Å². The van der Waals surface area contributed by atoms with E-state index in [4.69, 9.17) is 9.47 Å². The highest BCUT2D eigenvalue weighted by Crippen LogP contribution is 2.37. The van der Waals surface area contributed by atoms with E-state index in [1.165, 1.54) is 26.2 Å². The summed E-state index contributed by atoms with van der Waals surface area (Å²) in [5, 5.41) is 0. The molecule has 0 N–H and O–H groups in total. The lowest BCUT2D eigenvalue weighted by molar-refractivity contribution is -0.146. The molecule has 0 aromatic heterocycles. The molecule has 0 spiro atoms. The summed E-state index contributed by atoms with van der Waals surface area (Å²) < 4.78 is 48.4. The third-order valence-electron chi connectivity index (χ3n) is 4.96. The van der Waals surface area contributed by atoms with Crippen LogP contribution in [0.2, 0.25) is 0 Å². The van der Waals surface area contributed by atoms with Crippen LogP contribution in [0.5, 0.6) is 0 Å². The Labute approximate surface area is 172 Å². The first-order valence-corrected chi connectivity index (χ1v) is 11.3. The van der Waals surface area contributed by atoms with E-state index < -0.39 is 38.9 Å². The minimum atomic E-state index is -3.86. The fourth-order valence-electron chi connectivity index (χ4n) is 3.07. The van der Waals surface area contributed by atoms with Gasteiger partial charge in [0.2, 0.25) is 0 Å². The Morgan fingerprint density at radius 1 is 1.39 bits per heavy atom. The molecule has 0 saturated carbocycles. The Bertz CT molecular complexity index is 877. The third kappa shape index (κ3) is 4.08. The van der Waals surface area contributed by atoms with Crippen LogP contribution >= 0.6 is 15.9 Å². The molecule has 10 heteroatoms. The van der Waals surface area contributed by atoms with Crippen LogP contribution in [0.1, 0.15) is 42.4 Å². The first kappa shape index (κ1) is 22.8. The molecule has 7 nitrogen and oxygen atoms in total. The number of hydrogen-bond acceptors (Lipinski definition) is 6. The number of halogens is 2. The maximum atomic E-state index is 15.0. The molecule has 1 aromatic carbocycles. The second-order valence-electron chi connectivity index (χ2n) is 6.73. The van der Waals surface area contributed by atoms with E-state index >= 15 is 4.39 Å². The van der Waals surface area contributed by atoms with Crippen LogP contribution in [0, 0.1) is 0 Å². The van der Waals surface area contributed by atoms with Gasteiger partial charge in [-0.25, -0.2) is 12.8 Å². The summed E-state index contributed by atoms with van der Waals surface area (Å²) in [7, 11) is -2.60. The van der Waals surface area contributed by atoms with Gasteiger partial charge in [-0.05, 0) is 38.5 Å². The Balaban J connectivity index is 2.37. The standard InChI is InChI=1S/C18H23BrFNO6S/c1-5-27-17(23)18(2,28(4,24)25)8-9-21-15(22)12-7-6-11(19)10-13(12)14(20)16(21)26-3/h6-7,10,14,16H,5,8-9H2,1-4H3/t14?,16?,18-/m1/s1. The lowest BCUT2D eigenvalue weighted by Gasteiger charge is -2.39. The second-order valence-corrected chi connectivity index (χ2v) is 10.1. The van der Waals surface area contributed by atoms with Gasteiger partial charge in [-0.1, -0.05) is 15.9 Å². The monoisotopic (exact) mass is 479 g/mol. The fraction of sp³-hybridized carbons (Fsp3) is 0.556. The van der Waals surface area contributed by atoms with Crippen molar-refractivity contribution in [1.82, 2.24) is 4.90 Å². The number of rotatable bonds is 7. The molecule has 2 unspecified atom stereocenters. The van der Waals surface area contributed by atoms with E-state index in [1.807, 2.05) is 0 Å².